The number of carbonyl (C=O) groups excluding carboxylic acids is 1. The molecule has 70 valence electrons. The predicted octanol–water partition coefficient (Wildman–Crippen LogP) is -0.0576. The Balaban J connectivity index is 2.84. The number of carbonyl (C=O) groups is 1. The number of primary amides is 1. The summed E-state index contributed by atoms with van der Waals surface area (Å²) in [6, 6.07) is 3.67. The molecule has 0 aliphatic carbocycles. The molecule has 0 aliphatic rings. The van der Waals surface area contributed by atoms with E-state index in [1.165, 1.54) is 0 Å². The molecule has 1 amide bonds. The van der Waals surface area contributed by atoms with Crippen molar-refractivity contribution in [2.24, 2.45) is 5.73 Å². The average Bonchev–Trinajstić information content (AvgIpc) is 2.15. The first kappa shape index (κ1) is 9.67. The van der Waals surface area contributed by atoms with E-state index in [0.717, 1.165) is 18.5 Å². The van der Waals surface area contributed by atoms with Gasteiger partial charge in [0.2, 0.25) is 0 Å². The Bertz CT molecular complexity index is 299. The van der Waals surface area contributed by atoms with Crippen LogP contribution in [-0.4, -0.2) is 24.5 Å². The van der Waals surface area contributed by atoms with Crippen molar-refractivity contribution in [1.29, 1.82) is 0 Å². The summed E-state index contributed by atoms with van der Waals surface area (Å²) in [4.78, 5) is 14.9. The number of amides is 1. The van der Waals surface area contributed by atoms with Crippen LogP contribution in [0.4, 0.5) is 0 Å². The van der Waals surface area contributed by atoms with Crippen LogP contribution in [0, 0.1) is 0 Å². The van der Waals surface area contributed by atoms with Crippen molar-refractivity contribution in [3.05, 3.63) is 29.6 Å². The van der Waals surface area contributed by atoms with E-state index in [1.807, 2.05) is 13.1 Å². The van der Waals surface area contributed by atoms with Crippen LogP contribution in [0.3, 0.4) is 0 Å². The van der Waals surface area contributed by atoms with E-state index in [9.17, 15) is 4.79 Å². The fourth-order valence-electron chi connectivity index (χ4n) is 1.12. The molecule has 0 atom stereocenters. The maximum atomic E-state index is 10.9. The zero-order valence-corrected chi connectivity index (χ0v) is 7.58. The van der Waals surface area contributed by atoms with E-state index in [-0.39, 0.29) is 0 Å². The van der Waals surface area contributed by atoms with Crippen LogP contribution in [-0.2, 0) is 6.42 Å². The lowest BCUT2D eigenvalue weighted by Crippen LogP contribution is -2.18. The lowest BCUT2D eigenvalue weighted by Gasteiger charge is -2.03. The smallest absolute Gasteiger partial charge is 0.267 e. The van der Waals surface area contributed by atoms with Crippen LogP contribution < -0.4 is 11.1 Å². The van der Waals surface area contributed by atoms with Crippen molar-refractivity contribution in [2.45, 2.75) is 6.42 Å². The van der Waals surface area contributed by atoms with Crippen molar-refractivity contribution < 1.29 is 4.79 Å². The molecule has 1 rings (SSSR count). The second-order valence-corrected chi connectivity index (χ2v) is 2.73. The van der Waals surface area contributed by atoms with Gasteiger partial charge in [0.1, 0.15) is 5.69 Å². The normalized spacial score (nSPS) is 9.92. The van der Waals surface area contributed by atoms with Gasteiger partial charge in [-0.3, -0.25) is 9.78 Å². The maximum absolute atomic E-state index is 10.9. The molecular weight excluding hydrogens is 166 g/mol. The van der Waals surface area contributed by atoms with Gasteiger partial charge in [-0.1, -0.05) is 6.07 Å². The van der Waals surface area contributed by atoms with Crippen LogP contribution >= 0.6 is 0 Å². The Morgan fingerprint density at radius 3 is 3.08 bits per heavy atom. The SMILES string of the molecule is CNCCc1cccnc1C(N)=O. The largest absolute Gasteiger partial charge is 0.364 e. The van der Waals surface area contributed by atoms with Crippen LogP contribution in [0.5, 0.6) is 0 Å². The van der Waals surface area contributed by atoms with E-state index >= 15 is 0 Å². The van der Waals surface area contributed by atoms with Gasteiger partial charge in [-0.2, -0.15) is 0 Å². The Morgan fingerprint density at radius 2 is 2.46 bits per heavy atom. The van der Waals surface area contributed by atoms with Crippen LogP contribution in [0.15, 0.2) is 18.3 Å². The number of likely N-dealkylation sites (N-methyl/N-ethyl adjacent to an activating group) is 1. The Morgan fingerprint density at radius 1 is 1.69 bits per heavy atom. The lowest BCUT2D eigenvalue weighted by molar-refractivity contribution is 0.0994. The third-order valence-electron chi connectivity index (χ3n) is 1.77. The molecule has 1 aromatic heterocycles. The molecule has 0 aliphatic heterocycles. The Kier molecular flexibility index (Phi) is 3.40. The van der Waals surface area contributed by atoms with Gasteiger partial charge in [-0.25, -0.2) is 0 Å². The molecule has 0 radical (unpaired) electrons. The number of pyridine rings is 1. The second-order valence-electron chi connectivity index (χ2n) is 2.73. The Hall–Kier alpha value is -1.42. The highest BCUT2D eigenvalue weighted by atomic mass is 16.1. The topological polar surface area (TPSA) is 68.0 Å². The molecule has 0 spiro atoms. The molecule has 13 heavy (non-hydrogen) atoms. The molecule has 0 bridgehead atoms. The molecule has 0 unspecified atom stereocenters. The third-order valence-corrected chi connectivity index (χ3v) is 1.77. The fraction of sp³-hybridized carbons (Fsp3) is 0.333. The molecule has 0 saturated carbocycles. The number of nitrogens with two attached hydrogens (primary N) is 1. The molecule has 4 nitrogen and oxygen atoms in total. The van der Waals surface area contributed by atoms with Gasteiger partial charge in [0.25, 0.3) is 5.91 Å². The monoisotopic (exact) mass is 179 g/mol. The minimum atomic E-state index is -0.466. The number of nitrogens with one attached hydrogen (secondary N) is 1. The molecule has 1 aromatic rings. The zero-order valence-electron chi connectivity index (χ0n) is 7.58. The Labute approximate surface area is 77.2 Å². The number of hydrogen-bond acceptors (Lipinski definition) is 3. The van der Waals surface area contributed by atoms with Gasteiger partial charge in [0.05, 0.1) is 0 Å². The predicted molar refractivity (Wildman–Crippen MR) is 50.4 cm³/mol. The van der Waals surface area contributed by atoms with Crippen molar-refractivity contribution in [3.63, 3.8) is 0 Å². The highest BCUT2D eigenvalue weighted by Gasteiger charge is 2.07. The van der Waals surface area contributed by atoms with Gasteiger partial charge in [-0.05, 0) is 31.6 Å². The number of nitrogens with zero attached hydrogens (tertiary/aromatic N) is 1. The van der Waals surface area contributed by atoms with E-state index in [4.69, 9.17) is 5.73 Å². The highest BCUT2D eigenvalue weighted by Crippen LogP contribution is 2.04. The van der Waals surface area contributed by atoms with E-state index in [2.05, 4.69) is 10.3 Å². The summed E-state index contributed by atoms with van der Waals surface area (Å²) in [5, 5.41) is 3.00. The summed E-state index contributed by atoms with van der Waals surface area (Å²) >= 11 is 0. The van der Waals surface area contributed by atoms with E-state index in [1.54, 1.807) is 12.3 Å². The van der Waals surface area contributed by atoms with Gasteiger partial charge in [-0.15, -0.1) is 0 Å². The maximum Gasteiger partial charge on any atom is 0.267 e. The molecule has 1 heterocycles. The first-order valence-corrected chi connectivity index (χ1v) is 4.14. The molecular formula is C9H13N3O. The molecule has 0 aromatic carbocycles. The van der Waals surface area contributed by atoms with E-state index in [0.29, 0.717) is 5.69 Å². The zero-order chi connectivity index (χ0) is 9.68. The van der Waals surface area contributed by atoms with E-state index < -0.39 is 5.91 Å². The van der Waals surface area contributed by atoms with Crippen molar-refractivity contribution in [1.82, 2.24) is 10.3 Å². The van der Waals surface area contributed by atoms with Gasteiger partial charge in [0, 0.05) is 6.20 Å². The molecule has 0 fully saturated rings. The second kappa shape index (κ2) is 4.57. The van der Waals surface area contributed by atoms with Crippen LogP contribution in [0.2, 0.25) is 0 Å². The third kappa shape index (κ3) is 2.52. The summed E-state index contributed by atoms with van der Waals surface area (Å²) < 4.78 is 0. The first-order chi connectivity index (χ1) is 6.25. The molecule has 4 heteroatoms. The summed E-state index contributed by atoms with van der Waals surface area (Å²) in [6.45, 7) is 0.811. The summed E-state index contributed by atoms with van der Waals surface area (Å²) in [6.07, 6.45) is 2.34. The van der Waals surface area contributed by atoms with Gasteiger partial charge in [0.15, 0.2) is 0 Å². The fourth-order valence-corrected chi connectivity index (χ4v) is 1.12. The van der Waals surface area contributed by atoms with Crippen LogP contribution in [0.1, 0.15) is 16.1 Å². The van der Waals surface area contributed by atoms with Gasteiger partial charge < -0.3 is 11.1 Å². The lowest BCUT2D eigenvalue weighted by atomic mass is 10.1. The molecule has 3 N–H and O–H groups in total. The number of aromatic nitrogens is 1. The van der Waals surface area contributed by atoms with Crippen molar-refractivity contribution in [2.75, 3.05) is 13.6 Å². The minimum Gasteiger partial charge on any atom is -0.364 e. The highest BCUT2D eigenvalue weighted by molar-refractivity contribution is 5.92. The number of rotatable bonds is 4. The first-order valence-electron chi connectivity index (χ1n) is 4.14. The van der Waals surface area contributed by atoms with Gasteiger partial charge >= 0.3 is 0 Å². The quantitative estimate of drug-likeness (QED) is 0.680. The average molecular weight is 179 g/mol. The molecule has 0 saturated heterocycles. The standard InChI is InChI=1S/C9H13N3O/c1-11-6-4-7-3-2-5-12-8(7)9(10)13/h2-3,5,11H,4,6H2,1H3,(H2,10,13). The van der Waals surface area contributed by atoms with Crippen molar-refractivity contribution in [3.8, 4) is 0 Å². The van der Waals surface area contributed by atoms with Crippen molar-refractivity contribution >= 4 is 5.91 Å². The van der Waals surface area contributed by atoms with Crippen LogP contribution in [0.25, 0.3) is 0 Å². The number of hydrogen-bond donors (Lipinski definition) is 2. The minimum absolute atomic E-state index is 0.373. The summed E-state index contributed by atoms with van der Waals surface area (Å²) in [5.41, 5.74) is 6.43. The summed E-state index contributed by atoms with van der Waals surface area (Å²) in [7, 11) is 1.86. The summed E-state index contributed by atoms with van der Waals surface area (Å²) in [5.74, 6) is -0.466.